The smallest absolute Gasteiger partial charge is 0.130 e. The fourth-order valence-electron chi connectivity index (χ4n) is 2.44. The Hall–Kier alpha value is -2.06. The molecule has 18 heavy (non-hydrogen) atoms. The number of ether oxygens (including phenoxy) is 1. The zero-order valence-corrected chi connectivity index (χ0v) is 10.2. The molecular formula is C13H14N4O. The van der Waals surface area contributed by atoms with Gasteiger partial charge in [0.1, 0.15) is 12.3 Å². The SMILES string of the molecule is CN(c1c(C#N)cnn2cccc12)C1CCCO1. The van der Waals surface area contributed by atoms with E-state index in [4.69, 9.17) is 4.74 Å². The zero-order chi connectivity index (χ0) is 12.5. The van der Waals surface area contributed by atoms with Gasteiger partial charge in [-0.2, -0.15) is 10.4 Å². The summed E-state index contributed by atoms with van der Waals surface area (Å²) in [5, 5.41) is 13.4. The second kappa shape index (κ2) is 4.31. The number of nitrogens with zero attached hydrogens (tertiary/aromatic N) is 4. The van der Waals surface area contributed by atoms with Crippen molar-refractivity contribution in [3.8, 4) is 6.07 Å². The maximum absolute atomic E-state index is 9.24. The first-order valence-electron chi connectivity index (χ1n) is 6.02. The Morgan fingerprint density at radius 1 is 1.61 bits per heavy atom. The highest BCUT2D eigenvalue weighted by Crippen LogP contribution is 2.29. The van der Waals surface area contributed by atoms with Crippen LogP contribution in [0, 0.1) is 11.3 Å². The fourth-order valence-corrected chi connectivity index (χ4v) is 2.44. The van der Waals surface area contributed by atoms with Gasteiger partial charge in [-0.3, -0.25) is 0 Å². The lowest BCUT2D eigenvalue weighted by atomic mass is 10.2. The van der Waals surface area contributed by atoms with Gasteiger partial charge < -0.3 is 9.64 Å². The normalized spacial score (nSPS) is 19.0. The molecule has 5 heteroatoms. The Balaban J connectivity index is 2.13. The third-order valence-corrected chi connectivity index (χ3v) is 3.35. The summed E-state index contributed by atoms with van der Waals surface area (Å²) in [6.45, 7) is 0.791. The highest BCUT2D eigenvalue weighted by atomic mass is 16.5. The maximum atomic E-state index is 9.24. The van der Waals surface area contributed by atoms with Crippen LogP contribution < -0.4 is 4.90 Å². The van der Waals surface area contributed by atoms with E-state index in [0.717, 1.165) is 30.7 Å². The average molecular weight is 242 g/mol. The van der Waals surface area contributed by atoms with Crippen molar-refractivity contribution < 1.29 is 4.74 Å². The quantitative estimate of drug-likeness (QED) is 0.805. The topological polar surface area (TPSA) is 53.6 Å². The molecule has 1 unspecified atom stereocenters. The van der Waals surface area contributed by atoms with E-state index in [9.17, 15) is 5.26 Å². The van der Waals surface area contributed by atoms with E-state index >= 15 is 0 Å². The second-order valence-corrected chi connectivity index (χ2v) is 4.44. The van der Waals surface area contributed by atoms with E-state index in [0.29, 0.717) is 5.56 Å². The molecule has 5 nitrogen and oxygen atoms in total. The third kappa shape index (κ3) is 1.62. The molecule has 1 saturated heterocycles. The predicted octanol–water partition coefficient (Wildman–Crippen LogP) is 1.78. The van der Waals surface area contributed by atoms with E-state index in [1.807, 2.05) is 30.3 Å². The number of rotatable bonds is 2. The first-order valence-corrected chi connectivity index (χ1v) is 6.02. The number of anilines is 1. The molecule has 3 heterocycles. The van der Waals surface area contributed by atoms with Crippen molar-refractivity contribution in [1.82, 2.24) is 9.61 Å². The lowest BCUT2D eigenvalue weighted by Gasteiger charge is -2.27. The largest absolute Gasteiger partial charge is 0.358 e. The van der Waals surface area contributed by atoms with Gasteiger partial charge in [-0.25, -0.2) is 4.52 Å². The van der Waals surface area contributed by atoms with Crippen molar-refractivity contribution in [2.45, 2.75) is 19.1 Å². The van der Waals surface area contributed by atoms with Crippen LogP contribution in [0.15, 0.2) is 24.5 Å². The summed E-state index contributed by atoms with van der Waals surface area (Å²) in [4.78, 5) is 2.04. The number of aromatic nitrogens is 2. The van der Waals surface area contributed by atoms with Crippen LogP contribution in [0.5, 0.6) is 0 Å². The lowest BCUT2D eigenvalue weighted by molar-refractivity contribution is 0.112. The number of hydrogen-bond donors (Lipinski definition) is 0. The minimum atomic E-state index is 0.0539. The van der Waals surface area contributed by atoms with Crippen LogP contribution in [0.1, 0.15) is 18.4 Å². The first-order chi connectivity index (χ1) is 8.81. The predicted molar refractivity (Wildman–Crippen MR) is 67.3 cm³/mol. The lowest BCUT2D eigenvalue weighted by Crippen LogP contribution is -2.31. The molecule has 0 saturated carbocycles. The first kappa shape index (κ1) is 11.1. The van der Waals surface area contributed by atoms with Gasteiger partial charge in [-0.1, -0.05) is 0 Å². The molecule has 0 aliphatic carbocycles. The van der Waals surface area contributed by atoms with Crippen LogP contribution in [-0.2, 0) is 4.74 Å². The highest BCUT2D eigenvalue weighted by molar-refractivity contribution is 5.78. The summed E-state index contributed by atoms with van der Waals surface area (Å²) in [5.41, 5.74) is 2.41. The van der Waals surface area contributed by atoms with Crippen LogP contribution in [0.3, 0.4) is 0 Å². The summed E-state index contributed by atoms with van der Waals surface area (Å²) in [6, 6.07) is 6.10. The van der Waals surface area contributed by atoms with Crippen molar-refractivity contribution in [2.24, 2.45) is 0 Å². The van der Waals surface area contributed by atoms with Gasteiger partial charge in [0.2, 0.25) is 0 Å². The molecule has 1 fully saturated rings. The Bertz CT molecular complexity index is 607. The van der Waals surface area contributed by atoms with Gasteiger partial charge >= 0.3 is 0 Å². The van der Waals surface area contributed by atoms with Gasteiger partial charge in [0.05, 0.1) is 23.0 Å². The minimum absolute atomic E-state index is 0.0539. The van der Waals surface area contributed by atoms with Gasteiger partial charge in [-0.05, 0) is 25.0 Å². The molecule has 2 aromatic heterocycles. The Morgan fingerprint density at radius 2 is 2.50 bits per heavy atom. The van der Waals surface area contributed by atoms with Crippen molar-refractivity contribution in [3.63, 3.8) is 0 Å². The van der Waals surface area contributed by atoms with Gasteiger partial charge in [0.15, 0.2) is 0 Å². The summed E-state index contributed by atoms with van der Waals surface area (Å²) >= 11 is 0. The minimum Gasteiger partial charge on any atom is -0.358 e. The summed E-state index contributed by atoms with van der Waals surface area (Å²) in [7, 11) is 1.97. The van der Waals surface area contributed by atoms with Gasteiger partial charge in [0, 0.05) is 19.9 Å². The van der Waals surface area contributed by atoms with Crippen LogP contribution in [0.25, 0.3) is 5.52 Å². The molecule has 0 radical (unpaired) electrons. The Morgan fingerprint density at radius 3 is 3.22 bits per heavy atom. The van der Waals surface area contributed by atoms with Crippen molar-refractivity contribution in [3.05, 3.63) is 30.1 Å². The molecule has 92 valence electrons. The standard InChI is InChI=1S/C13H14N4O/c1-16(12-5-3-7-18-12)13-10(8-14)9-15-17-6-2-4-11(13)17/h2,4,6,9,12H,3,5,7H2,1H3. The van der Waals surface area contributed by atoms with E-state index in [1.165, 1.54) is 0 Å². The van der Waals surface area contributed by atoms with E-state index in [1.54, 1.807) is 10.7 Å². The number of fused-ring (bicyclic) bond motifs is 1. The maximum Gasteiger partial charge on any atom is 0.130 e. The molecule has 0 spiro atoms. The Kier molecular flexibility index (Phi) is 2.65. The number of nitriles is 1. The third-order valence-electron chi connectivity index (χ3n) is 3.35. The molecule has 0 bridgehead atoms. The van der Waals surface area contributed by atoms with E-state index in [2.05, 4.69) is 11.2 Å². The van der Waals surface area contributed by atoms with Crippen LogP contribution >= 0.6 is 0 Å². The monoisotopic (exact) mass is 242 g/mol. The second-order valence-electron chi connectivity index (χ2n) is 4.44. The van der Waals surface area contributed by atoms with Crippen LogP contribution in [-0.4, -0.2) is 29.5 Å². The van der Waals surface area contributed by atoms with E-state index < -0.39 is 0 Å². The molecule has 3 rings (SSSR count). The molecule has 0 amide bonds. The molecule has 2 aromatic rings. The van der Waals surface area contributed by atoms with Gasteiger partial charge in [-0.15, -0.1) is 0 Å². The highest BCUT2D eigenvalue weighted by Gasteiger charge is 2.24. The number of hydrogen-bond acceptors (Lipinski definition) is 4. The summed E-state index contributed by atoms with van der Waals surface area (Å²) in [6.07, 6.45) is 5.60. The summed E-state index contributed by atoms with van der Waals surface area (Å²) in [5.74, 6) is 0. The van der Waals surface area contributed by atoms with Crippen molar-refractivity contribution >= 4 is 11.2 Å². The summed E-state index contributed by atoms with van der Waals surface area (Å²) < 4.78 is 7.46. The molecule has 1 aliphatic heterocycles. The van der Waals surface area contributed by atoms with Crippen LogP contribution in [0.4, 0.5) is 5.69 Å². The zero-order valence-electron chi connectivity index (χ0n) is 10.2. The van der Waals surface area contributed by atoms with Crippen molar-refractivity contribution in [2.75, 3.05) is 18.6 Å². The average Bonchev–Trinajstić information content (AvgIpc) is 3.06. The Labute approximate surface area is 105 Å². The van der Waals surface area contributed by atoms with Gasteiger partial charge in [0.25, 0.3) is 0 Å². The molecule has 0 aromatic carbocycles. The van der Waals surface area contributed by atoms with E-state index in [-0.39, 0.29) is 6.23 Å². The molecular weight excluding hydrogens is 228 g/mol. The molecule has 0 N–H and O–H groups in total. The molecule has 1 atom stereocenters. The van der Waals surface area contributed by atoms with Crippen LogP contribution in [0.2, 0.25) is 0 Å². The fraction of sp³-hybridized carbons (Fsp3) is 0.385. The van der Waals surface area contributed by atoms with Crippen molar-refractivity contribution in [1.29, 1.82) is 5.26 Å². The molecule has 1 aliphatic rings.